The molecule has 2 heterocycles. The lowest BCUT2D eigenvalue weighted by atomic mass is 10.3. The van der Waals surface area contributed by atoms with Crippen molar-refractivity contribution in [1.82, 2.24) is 19.8 Å². The van der Waals surface area contributed by atoms with Crippen molar-refractivity contribution in [2.24, 2.45) is 0 Å². The summed E-state index contributed by atoms with van der Waals surface area (Å²) < 4.78 is 7.24. The van der Waals surface area contributed by atoms with E-state index in [0.717, 1.165) is 11.6 Å². The summed E-state index contributed by atoms with van der Waals surface area (Å²) in [5.74, 6) is 1.51. The van der Waals surface area contributed by atoms with Gasteiger partial charge in [0, 0.05) is 12.1 Å². The number of nitrogens with zero attached hydrogens (tertiary/aromatic N) is 4. The predicted octanol–water partition coefficient (Wildman–Crippen LogP) is 0.972. The van der Waals surface area contributed by atoms with Gasteiger partial charge in [0.1, 0.15) is 5.75 Å². The van der Waals surface area contributed by atoms with Crippen molar-refractivity contribution < 1.29 is 4.74 Å². The van der Waals surface area contributed by atoms with Gasteiger partial charge in [-0.25, -0.2) is 0 Å². The zero-order chi connectivity index (χ0) is 13.2. The summed E-state index contributed by atoms with van der Waals surface area (Å²) in [7, 11) is 0. The summed E-state index contributed by atoms with van der Waals surface area (Å²) in [5, 5.41) is 12.6. The van der Waals surface area contributed by atoms with Crippen LogP contribution in [0.1, 0.15) is 5.82 Å². The summed E-state index contributed by atoms with van der Waals surface area (Å²) in [4.78, 5) is 0.694. The topological polar surface area (TPSA) is 104 Å². The molecule has 0 radical (unpaired) electrons. The van der Waals surface area contributed by atoms with E-state index in [9.17, 15) is 0 Å². The fraction of sp³-hybridized carbons (Fsp3) is 0.182. The lowest BCUT2D eigenvalue weighted by Gasteiger charge is -2.04. The smallest absolute Gasteiger partial charge is 0.236 e. The number of rotatable bonds is 4. The zero-order valence-electron chi connectivity index (χ0n) is 9.98. The Morgan fingerprint density at radius 3 is 2.74 bits per heavy atom. The molecule has 0 fully saturated rings. The number of aromatic nitrogens is 4. The van der Waals surface area contributed by atoms with E-state index >= 15 is 0 Å². The maximum absolute atomic E-state index is 5.61. The number of nitrogens with two attached hydrogens (primary N) is 2. The van der Waals surface area contributed by atoms with E-state index in [-0.39, 0.29) is 0 Å². The minimum atomic E-state index is 0.477. The second kappa shape index (κ2) is 4.73. The van der Waals surface area contributed by atoms with Gasteiger partial charge in [-0.3, -0.25) is 0 Å². The van der Waals surface area contributed by atoms with E-state index in [1.54, 1.807) is 16.6 Å². The molecule has 0 saturated heterocycles. The summed E-state index contributed by atoms with van der Waals surface area (Å²) in [6, 6.07) is 7.25. The van der Waals surface area contributed by atoms with Gasteiger partial charge in [-0.2, -0.15) is 4.52 Å². The molecule has 19 heavy (non-hydrogen) atoms. The second-order valence-electron chi connectivity index (χ2n) is 3.92. The Balaban J connectivity index is 1.64. The van der Waals surface area contributed by atoms with Crippen molar-refractivity contribution in [3.63, 3.8) is 0 Å². The molecule has 0 aliphatic carbocycles. The molecule has 98 valence electrons. The molecular formula is C11H12N6OS. The van der Waals surface area contributed by atoms with Crippen molar-refractivity contribution in [2.45, 2.75) is 6.42 Å². The normalized spacial score (nSPS) is 10.9. The lowest BCUT2D eigenvalue weighted by molar-refractivity contribution is 0.318. The largest absolute Gasteiger partial charge is 0.493 e. The van der Waals surface area contributed by atoms with Crippen molar-refractivity contribution in [2.75, 3.05) is 18.1 Å². The van der Waals surface area contributed by atoms with E-state index in [0.29, 0.717) is 28.8 Å². The van der Waals surface area contributed by atoms with Gasteiger partial charge in [-0.15, -0.1) is 15.3 Å². The molecule has 2 aromatic heterocycles. The van der Waals surface area contributed by atoms with E-state index in [1.165, 1.54) is 11.3 Å². The van der Waals surface area contributed by atoms with Crippen molar-refractivity contribution in [3.8, 4) is 5.75 Å². The lowest BCUT2D eigenvalue weighted by Crippen LogP contribution is -2.05. The van der Waals surface area contributed by atoms with Crippen LogP contribution in [0.4, 0.5) is 10.8 Å². The van der Waals surface area contributed by atoms with Gasteiger partial charge >= 0.3 is 0 Å². The number of nitrogen functional groups attached to an aromatic ring is 2. The third kappa shape index (κ3) is 2.43. The Labute approximate surface area is 112 Å². The standard InChI is InChI=1S/C11H12N6OS/c12-7-1-3-8(4-2-7)18-6-5-9-14-15-11-17(9)16-10(13)19-11/h1-4H,5-6,12H2,(H2,13,16). The van der Waals surface area contributed by atoms with Gasteiger partial charge in [-0.05, 0) is 24.3 Å². The Bertz CT molecular complexity index is 689. The quantitative estimate of drug-likeness (QED) is 0.688. The first-order chi connectivity index (χ1) is 9.22. The highest BCUT2D eigenvalue weighted by molar-refractivity contribution is 7.20. The number of fused-ring (bicyclic) bond motifs is 1. The highest BCUT2D eigenvalue weighted by atomic mass is 32.1. The predicted molar refractivity (Wildman–Crippen MR) is 73.1 cm³/mol. The zero-order valence-corrected chi connectivity index (χ0v) is 10.8. The second-order valence-corrected chi connectivity index (χ2v) is 4.91. The Hall–Kier alpha value is -2.35. The highest BCUT2D eigenvalue weighted by Gasteiger charge is 2.09. The minimum absolute atomic E-state index is 0.477. The van der Waals surface area contributed by atoms with Crippen molar-refractivity contribution in [3.05, 3.63) is 30.1 Å². The van der Waals surface area contributed by atoms with Gasteiger partial charge in [-0.1, -0.05) is 11.3 Å². The maximum atomic E-state index is 5.61. The SMILES string of the molecule is Nc1ccc(OCCc2nnc3sc(N)nn23)cc1. The van der Waals surface area contributed by atoms with Crippen LogP contribution in [-0.2, 0) is 6.42 Å². The van der Waals surface area contributed by atoms with Crippen LogP contribution in [0.25, 0.3) is 4.96 Å². The third-order valence-corrected chi connectivity index (χ3v) is 3.27. The van der Waals surface area contributed by atoms with Gasteiger partial charge in [0.05, 0.1) is 6.61 Å². The number of ether oxygens (including phenoxy) is 1. The number of hydrogen-bond donors (Lipinski definition) is 2. The molecule has 0 bridgehead atoms. The molecule has 0 atom stereocenters. The van der Waals surface area contributed by atoms with Crippen LogP contribution in [0.15, 0.2) is 24.3 Å². The Kier molecular flexibility index (Phi) is 2.92. The van der Waals surface area contributed by atoms with Gasteiger partial charge in [0.15, 0.2) is 5.82 Å². The molecule has 0 aliphatic heterocycles. The molecule has 8 heteroatoms. The molecule has 0 amide bonds. The molecule has 0 spiro atoms. The summed E-state index contributed by atoms with van der Waals surface area (Å²) in [5.41, 5.74) is 11.9. The fourth-order valence-corrected chi connectivity index (χ4v) is 2.28. The molecule has 0 unspecified atom stereocenters. The molecule has 3 aromatic rings. The van der Waals surface area contributed by atoms with Crippen molar-refractivity contribution >= 4 is 27.1 Å². The molecule has 0 saturated carbocycles. The average Bonchev–Trinajstić information content (AvgIpc) is 2.92. The summed E-state index contributed by atoms with van der Waals surface area (Å²) >= 11 is 1.31. The molecule has 3 rings (SSSR count). The monoisotopic (exact) mass is 276 g/mol. The van der Waals surface area contributed by atoms with Gasteiger partial charge < -0.3 is 16.2 Å². The first-order valence-electron chi connectivity index (χ1n) is 5.67. The summed E-state index contributed by atoms with van der Waals surface area (Å²) in [6.45, 7) is 0.488. The Morgan fingerprint density at radius 1 is 1.16 bits per heavy atom. The van der Waals surface area contributed by atoms with Crippen LogP contribution in [0, 0.1) is 0 Å². The number of hydrogen-bond acceptors (Lipinski definition) is 7. The van der Waals surface area contributed by atoms with E-state index < -0.39 is 0 Å². The number of anilines is 2. The van der Waals surface area contributed by atoms with Gasteiger partial charge in [0.2, 0.25) is 10.1 Å². The maximum Gasteiger partial charge on any atom is 0.236 e. The van der Waals surface area contributed by atoms with Crippen LogP contribution in [0.5, 0.6) is 5.75 Å². The molecule has 4 N–H and O–H groups in total. The Morgan fingerprint density at radius 2 is 1.95 bits per heavy atom. The van der Waals surface area contributed by atoms with E-state index in [1.807, 2.05) is 12.1 Å². The first-order valence-corrected chi connectivity index (χ1v) is 6.49. The number of benzene rings is 1. The first kappa shape index (κ1) is 11.7. The van der Waals surface area contributed by atoms with E-state index in [4.69, 9.17) is 16.2 Å². The highest BCUT2D eigenvalue weighted by Crippen LogP contribution is 2.16. The van der Waals surface area contributed by atoms with Crippen LogP contribution >= 0.6 is 11.3 Å². The van der Waals surface area contributed by atoms with Crippen LogP contribution in [0.3, 0.4) is 0 Å². The molecule has 0 aliphatic rings. The minimum Gasteiger partial charge on any atom is -0.493 e. The average molecular weight is 276 g/mol. The van der Waals surface area contributed by atoms with Crippen LogP contribution in [-0.4, -0.2) is 26.4 Å². The van der Waals surface area contributed by atoms with E-state index in [2.05, 4.69) is 15.3 Å². The molecule has 7 nitrogen and oxygen atoms in total. The molecular weight excluding hydrogens is 264 g/mol. The van der Waals surface area contributed by atoms with Crippen LogP contribution in [0.2, 0.25) is 0 Å². The molecule has 1 aromatic carbocycles. The van der Waals surface area contributed by atoms with Gasteiger partial charge in [0.25, 0.3) is 0 Å². The third-order valence-electron chi connectivity index (χ3n) is 2.55. The summed E-state index contributed by atoms with van der Waals surface area (Å²) in [6.07, 6.45) is 0.606. The van der Waals surface area contributed by atoms with Crippen molar-refractivity contribution in [1.29, 1.82) is 0 Å². The fourth-order valence-electron chi connectivity index (χ4n) is 1.65. The van der Waals surface area contributed by atoms with Crippen LogP contribution < -0.4 is 16.2 Å².